The highest BCUT2D eigenvalue weighted by Gasteiger charge is 2.85. The predicted octanol–water partition coefficient (Wildman–Crippen LogP) is 5.53. The average molecular weight is 544 g/mol. The summed E-state index contributed by atoms with van der Waals surface area (Å²) in [5.74, 6) is 0.295. The van der Waals surface area contributed by atoms with Crippen LogP contribution >= 0.6 is 0 Å². The maximum absolute atomic E-state index is 15.5. The Morgan fingerprint density at radius 3 is 2.54 bits per heavy atom. The Bertz CT molecular complexity index is 1090. The number of ether oxygens (including phenoxy) is 3. The third-order valence-electron chi connectivity index (χ3n) is 14.1. The molecule has 1 spiro atoms. The Balaban J connectivity index is 1.36. The summed E-state index contributed by atoms with van der Waals surface area (Å²) in [5.41, 5.74) is -1.42. The van der Waals surface area contributed by atoms with Gasteiger partial charge in [0.15, 0.2) is 17.7 Å². The zero-order chi connectivity index (χ0) is 27.8. The maximum Gasteiger partial charge on any atom is 0.303 e. The van der Waals surface area contributed by atoms with E-state index in [9.17, 15) is 9.59 Å². The smallest absolute Gasteiger partial charge is 0.303 e. The van der Waals surface area contributed by atoms with Crippen LogP contribution in [0.3, 0.4) is 0 Å². The van der Waals surface area contributed by atoms with Crippen LogP contribution in [-0.4, -0.2) is 59.1 Å². The van der Waals surface area contributed by atoms with E-state index in [0.29, 0.717) is 30.1 Å². The lowest BCUT2D eigenvalue weighted by Gasteiger charge is -2.71. The van der Waals surface area contributed by atoms with Crippen LogP contribution in [0.1, 0.15) is 106 Å². The molecule has 5 heterocycles. The van der Waals surface area contributed by atoms with Crippen molar-refractivity contribution in [2.24, 2.45) is 39.9 Å². The first kappa shape index (κ1) is 26.9. The number of piperidine rings is 2. The molecule has 218 valence electrons. The van der Waals surface area contributed by atoms with Gasteiger partial charge < -0.3 is 24.1 Å². The Labute approximate surface area is 233 Å². The van der Waals surface area contributed by atoms with Crippen molar-refractivity contribution in [3.63, 3.8) is 0 Å². The van der Waals surface area contributed by atoms with E-state index < -0.39 is 23.3 Å². The topological polar surface area (TPSA) is 84.9 Å². The van der Waals surface area contributed by atoms with Gasteiger partial charge in [-0.25, -0.2) is 0 Å². The fraction of sp³-hybridized carbons (Fsp3) is 0.938. The molecule has 7 heteroatoms. The second kappa shape index (κ2) is 8.08. The molecule has 0 aromatic rings. The van der Waals surface area contributed by atoms with Gasteiger partial charge in [-0.15, -0.1) is 0 Å². The molecular formula is C32H49NO6. The summed E-state index contributed by atoms with van der Waals surface area (Å²) in [5, 5.41) is 15.5. The number of rotatable bonds is 6. The van der Waals surface area contributed by atoms with Crippen molar-refractivity contribution in [2.75, 3.05) is 13.2 Å². The van der Waals surface area contributed by atoms with Crippen molar-refractivity contribution in [3.05, 3.63) is 5.21 Å². The number of ketones is 1. The van der Waals surface area contributed by atoms with Gasteiger partial charge in [0.05, 0.1) is 30.7 Å². The number of carbonyl (C=O) groups excluding carboxylic acids is 2. The highest BCUT2D eigenvalue weighted by Crippen LogP contribution is 2.81. The van der Waals surface area contributed by atoms with Crippen LogP contribution in [0.25, 0.3) is 0 Å². The van der Waals surface area contributed by atoms with E-state index in [1.54, 1.807) is 0 Å². The molecule has 7 aliphatic rings. The van der Waals surface area contributed by atoms with Gasteiger partial charge in [0.2, 0.25) is 0 Å². The fourth-order valence-corrected chi connectivity index (χ4v) is 12.4. The van der Waals surface area contributed by atoms with E-state index in [0.717, 1.165) is 64.3 Å². The third-order valence-corrected chi connectivity index (χ3v) is 14.1. The molecule has 2 saturated carbocycles. The van der Waals surface area contributed by atoms with Crippen LogP contribution < -0.4 is 0 Å². The largest absolute Gasteiger partial charge is 0.632 e. The first-order valence-corrected chi connectivity index (χ1v) is 15.9. The quantitative estimate of drug-likeness (QED) is 0.249. The highest BCUT2D eigenvalue weighted by atomic mass is 16.7. The molecule has 7 fully saturated rings. The van der Waals surface area contributed by atoms with E-state index >= 15 is 5.21 Å². The number of esters is 1. The standard InChI is InChI=1S/C32H49NO6/c1-19(2)22-10-13-29(5)21-9-15-31-12-7-8-24(31)32(29,26(22)33(31,36)17-21)16-23(38-20(3)34)27(35)28(4)18-37-30(6)14-11-25(28)39-30/h19,21-26H,7-18H2,1-6H3/t21?,22?,23-,24-,25?,26?,28?,29?,30?,31-,32+,33-/m1/s1. The summed E-state index contributed by atoms with van der Waals surface area (Å²) < 4.78 is 18.4. The number of nitrogens with zero attached hydrogens (tertiary/aromatic N) is 1. The van der Waals surface area contributed by atoms with Gasteiger partial charge in [0.1, 0.15) is 5.54 Å². The normalized spacial score (nSPS) is 55.5. The van der Waals surface area contributed by atoms with Crippen molar-refractivity contribution in [1.29, 1.82) is 0 Å². The molecule has 5 aliphatic heterocycles. The number of quaternary nitrogens is 1. The summed E-state index contributed by atoms with van der Waals surface area (Å²) in [7, 11) is 0. The average Bonchev–Trinajstić information content (AvgIpc) is 3.48. The van der Waals surface area contributed by atoms with Gasteiger partial charge in [-0.3, -0.25) is 9.59 Å². The van der Waals surface area contributed by atoms with Crippen molar-refractivity contribution < 1.29 is 28.4 Å². The van der Waals surface area contributed by atoms with Crippen LogP contribution in [0.5, 0.6) is 0 Å². The summed E-state index contributed by atoms with van der Waals surface area (Å²) in [6, 6.07) is -0.0228. The minimum atomic E-state index is -0.876. The van der Waals surface area contributed by atoms with Crippen LogP contribution in [0.15, 0.2) is 0 Å². The van der Waals surface area contributed by atoms with Gasteiger partial charge in [0, 0.05) is 55.8 Å². The third kappa shape index (κ3) is 3.04. The van der Waals surface area contributed by atoms with Crippen LogP contribution in [0.4, 0.5) is 0 Å². The van der Waals surface area contributed by atoms with Crippen LogP contribution in [0.2, 0.25) is 0 Å². The number of fused-ring (bicyclic) bond motifs is 4. The zero-order valence-corrected chi connectivity index (χ0v) is 24.9. The number of Topliss-reactive ketones (excluding diaryl/α,β-unsaturated/α-hetero) is 1. The second-order valence-electron chi connectivity index (χ2n) is 15.8. The molecule has 0 aromatic heterocycles. The summed E-state index contributed by atoms with van der Waals surface area (Å²) in [4.78, 5) is 27.3. The first-order chi connectivity index (χ1) is 18.3. The van der Waals surface area contributed by atoms with E-state index in [4.69, 9.17) is 14.2 Å². The molecule has 0 radical (unpaired) electrons. The summed E-state index contributed by atoms with van der Waals surface area (Å²) >= 11 is 0. The van der Waals surface area contributed by atoms with Crippen molar-refractivity contribution in [2.45, 2.75) is 135 Å². The first-order valence-electron chi connectivity index (χ1n) is 15.9. The highest BCUT2D eigenvalue weighted by molar-refractivity contribution is 5.91. The molecule has 2 aliphatic carbocycles. The fourth-order valence-electron chi connectivity index (χ4n) is 12.4. The maximum atomic E-state index is 15.5. The lowest BCUT2D eigenvalue weighted by Crippen LogP contribution is -2.75. The molecule has 7 rings (SSSR count). The molecule has 39 heavy (non-hydrogen) atoms. The molecule has 7 bridgehead atoms. The van der Waals surface area contributed by atoms with Gasteiger partial charge in [-0.05, 0) is 63.7 Å². The number of hydroxylamine groups is 3. The molecule has 5 saturated heterocycles. The predicted molar refractivity (Wildman–Crippen MR) is 145 cm³/mol. The molecule has 0 N–H and O–H groups in total. The second-order valence-corrected chi connectivity index (χ2v) is 15.8. The van der Waals surface area contributed by atoms with E-state index in [-0.39, 0.29) is 45.6 Å². The number of carbonyl (C=O) groups is 2. The number of hydrogen-bond donors (Lipinski definition) is 0. The monoisotopic (exact) mass is 543 g/mol. The molecule has 7 nitrogen and oxygen atoms in total. The number of hydrogen-bond acceptors (Lipinski definition) is 6. The van der Waals surface area contributed by atoms with E-state index in [2.05, 4.69) is 20.8 Å². The Morgan fingerprint density at radius 1 is 1.05 bits per heavy atom. The van der Waals surface area contributed by atoms with Gasteiger partial charge in [-0.2, -0.15) is 0 Å². The van der Waals surface area contributed by atoms with Crippen molar-refractivity contribution in [3.8, 4) is 0 Å². The van der Waals surface area contributed by atoms with Gasteiger partial charge >= 0.3 is 5.97 Å². The molecule has 0 amide bonds. The summed E-state index contributed by atoms with van der Waals surface area (Å²) in [6.45, 7) is 13.4. The Kier molecular flexibility index (Phi) is 5.56. The zero-order valence-electron chi connectivity index (χ0n) is 24.9. The van der Waals surface area contributed by atoms with E-state index in [1.807, 2.05) is 13.8 Å². The molecule has 12 atom stereocenters. The Hall–Kier alpha value is -1.02. The molecule has 7 unspecified atom stereocenters. The molecular weight excluding hydrogens is 494 g/mol. The van der Waals surface area contributed by atoms with Crippen LogP contribution in [-0.2, 0) is 23.8 Å². The van der Waals surface area contributed by atoms with Gasteiger partial charge in [0.25, 0.3) is 0 Å². The van der Waals surface area contributed by atoms with Crippen molar-refractivity contribution in [1.82, 2.24) is 0 Å². The minimum Gasteiger partial charge on any atom is -0.632 e. The Morgan fingerprint density at radius 2 is 1.82 bits per heavy atom. The lowest BCUT2D eigenvalue weighted by atomic mass is 9.42. The van der Waals surface area contributed by atoms with Crippen LogP contribution in [0, 0.1) is 45.1 Å². The summed E-state index contributed by atoms with van der Waals surface area (Å²) in [6.07, 6.45) is 8.43. The minimum absolute atomic E-state index is 0.0203. The lowest BCUT2D eigenvalue weighted by molar-refractivity contribution is -0.966. The SMILES string of the molecule is CC(=O)O[C@H](C[C@]12C3C(C(C)C)CCC1(C)C1CC[C@@]4(CCC[C@H]42)[N@@+]3([O-])C1)C(=O)C1(C)COC2(C)CCC1O2. The van der Waals surface area contributed by atoms with Crippen molar-refractivity contribution >= 4 is 11.8 Å². The van der Waals surface area contributed by atoms with Gasteiger partial charge in [-0.1, -0.05) is 20.8 Å². The van der Waals surface area contributed by atoms with E-state index in [1.165, 1.54) is 6.92 Å². The molecule has 0 aromatic carbocycles.